The molecule has 3 N–H and O–H groups in total. The molecule has 2 saturated carbocycles. The van der Waals surface area contributed by atoms with Crippen LogP contribution in [0, 0.1) is 5.92 Å². The summed E-state index contributed by atoms with van der Waals surface area (Å²) >= 11 is 0. The Morgan fingerprint density at radius 1 is 1.38 bits per heavy atom. The summed E-state index contributed by atoms with van der Waals surface area (Å²) in [7, 11) is 3.88. The lowest BCUT2D eigenvalue weighted by Gasteiger charge is -2.34. The molecular weight excluding hydrogens is 266 g/mol. The highest BCUT2D eigenvalue weighted by atomic mass is 16.5. The van der Waals surface area contributed by atoms with Crippen LogP contribution in [0.1, 0.15) is 44.9 Å². The van der Waals surface area contributed by atoms with Crippen LogP contribution in [0.15, 0.2) is 0 Å². The number of hydrogen-bond donors (Lipinski definition) is 2. The first-order valence-electron chi connectivity index (χ1n) is 8.33. The molecule has 0 saturated heterocycles. The summed E-state index contributed by atoms with van der Waals surface area (Å²) in [6.45, 7) is 2.87. The molecular formula is C16H31N3O2. The van der Waals surface area contributed by atoms with Gasteiger partial charge in [-0.25, -0.2) is 0 Å². The van der Waals surface area contributed by atoms with Gasteiger partial charge in [0.2, 0.25) is 5.91 Å². The van der Waals surface area contributed by atoms with Crippen LogP contribution < -0.4 is 11.1 Å². The SMILES string of the molecule is COCCCN(C)CCC1CCCC1(NC1CC1)C(N)=O. The minimum Gasteiger partial charge on any atom is -0.385 e. The third kappa shape index (κ3) is 4.41. The predicted octanol–water partition coefficient (Wildman–Crippen LogP) is 1.12. The van der Waals surface area contributed by atoms with Crippen molar-refractivity contribution in [2.45, 2.75) is 56.5 Å². The van der Waals surface area contributed by atoms with Gasteiger partial charge in [-0.1, -0.05) is 6.42 Å². The van der Waals surface area contributed by atoms with E-state index in [4.69, 9.17) is 10.5 Å². The molecule has 5 nitrogen and oxygen atoms in total. The van der Waals surface area contributed by atoms with Crippen molar-refractivity contribution in [2.75, 3.05) is 33.9 Å². The maximum absolute atomic E-state index is 12.1. The molecule has 0 heterocycles. The zero-order valence-electron chi connectivity index (χ0n) is 13.6. The Bertz CT molecular complexity index is 346. The number of ether oxygens (including phenoxy) is 1. The number of nitrogens with two attached hydrogens (primary N) is 1. The van der Waals surface area contributed by atoms with Gasteiger partial charge in [-0.05, 0) is 58.0 Å². The lowest BCUT2D eigenvalue weighted by molar-refractivity contribution is -0.126. The van der Waals surface area contributed by atoms with Crippen molar-refractivity contribution in [2.24, 2.45) is 11.7 Å². The molecule has 0 radical (unpaired) electrons. The summed E-state index contributed by atoms with van der Waals surface area (Å²) in [6, 6.07) is 0.525. The van der Waals surface area contributed by atoms with Crippen LogP contribution in [0.2, 0.25) is 0 Å². The fourth-order valence-corrected chi connectivity index (χ4v) is 3.61. The summed E-state index contributed by atoms with van der Waals surface area (Å²) in [6.07, 6.45) is 7.63. The van der Waals surface area contributed by atoms with Gasteiger partial charge >= 0.3 is 0 Å². The average Bonchev–Trinajstić information content (AvgIpc) is 3.15. The topological polar surface area (TPSA) is 67.6 Å². The number of primary amides is 1. The van der Waals surface area contributed by atoms with Crippen molar-refractivity contribution in [3.63, 3.8) is 0 Å². The molecule has 2 aliphatic carbocycles. The minimum atomic E-state index is -0.436. The van der Waals surface area contributed by atoms with E-state index in [0.717, 1.165) is 51.8 Å². The Balaban J connectivity index is 1.83. The van der Waals surface area contributed by atoms with Gasteiger partial charge in [-0.3, -0.25) is 4.79 Å². The smallest absolute Gasteiger partial charge is 0.238 e. The second kappa shape index (κ2) is 7.56. The van der Waals surface area contributed by atoms with E-state index >= 15 is 0 Å². The van der Waals surface area contributed by atoms with E-state index in [2.05, 4.69) is 17.3 Å². The van der Waals surface area contributed by atoms with Crippen molar-refractivity contribution in [3.05, 3.63) is 0 Å². The summed E-state index contributed by atoms with van der Waals surface area (Å²) in [4.78, 5) is 14.4. The Morgan fingerprint density at radius 2 is 2.14 bits per heavy atom. The average molecular weight is 297 g/mol. The van der Waals surface area contributed by atoms with Gasteiger partial charge in [0.1, 0.15) is 5.54 Å². The molecule has 122 valence electrons. The molecule has 2 unspecified atom stereocenters. The highest BCUT2D eigenvalue weighted by Gasteiger charge is 2.49. The monoisotopic (exact) mass is 297 g/mol. The van der Waals surface area contributed by atoms with Crippen LogP contribution in [0.25, 0.3) is 0 Å². The largest absolute Gasteiger partial charge is 0.385 e. The first-order chi connectivity index (χ1) is 10.1. The molecule has 1 amide bonds. The second-order valence-corrected chi connectivity index (χ2v) is 6.78. The van der Waals surface area contributed by atoms with Crippen molar-refractivity contribution in [3.8, 4) is 0 Å². The maximum Gasteiger partial charge on any atom is 0.238 e. The molecule has 0 bridgehead atoms. The van der Waals surface area contributed by atoms with Crippen LogP contribution in [-0.4, -0.2) is 56.2 Å². The van der Waals surface area contributed by atoms with E-state index in [1.165, 1.54) is 12.8 Å². The Kier molecular flexibility index (Phi) is 6.02. The number of amides is 1. The van der Waals surface area contributed by atoms with Gasteiger partial charge in [0, 0.05) is 26.3 Å². The first kappa shape index (κ1) is 16.7. The zero-order chi connectivity index (χ0) is 15.3. The van der Waals surface area contributed by atoms with Gasteiger partial charge < -0.3 is 20.7 Å². The van der Waals surface area contributed by atoms with Gasteiger partial charge in [0.05, 0.1) is 0 Å². The standard InChI is InChI=1S/C16H31N3O2/c1-19(10-4-12-21-2)11-8-13-5-3-9-16(13,15(17)20)18-14-6-7-14/h13-14,18H,3-12H2,1-2H3,(H2,17,20). The lowest BCUT2D eigenvalue weighted by Crippen LogP contribution is -2.59. The number of hydrogen-bond acceptors (Lipinski definition) is 4. The van der Waals surface area contributed by atoms with E-state index in [1.807, 2.05) is 0 Å². The van der Waals surface area contributed by atoms with E-state index < -0.39 is 5.54 Å². The van der Waals surface area contributed by atoms with E-state index in [-0.39, 0.29) is 5.91 Å². The van der Waals surface area contributed by atoms with Crippen LogP contribution in [-0.2, 0) is 9.53 Å². The highest BCUT2D eigenvalue weighted by molar-refractivity contribution is 5.85. The van der Waals surface area contributed by atoms with E-state index in [1.54, 1.807) is 7.11 Å². The fourth-order valence-electron chi connectivity index (χ4n) is 3.61. The molecule has 0 aromatic carbocycles. The molecule has 2 atom stereocenters. The molecule has 2 fully saturated rings. The quantitative estimate of drug-likeness (QED) is 0.593. The minimum absolute atomic E-state index is 0.140. The third-order valence-electron chi connectivity index (χ3n) is 5.05. The molecule has 2 aliphatic rings. The fraction of sp³-hybridized carbons (Fsp3) is 0.938. The third-order valence-corrected chi connectivity index (χ3v) is 5.05. The number of carbonyl (C=O) groups is 1. The number of nitrogens with one attached hydrogen (secondary N) is 1. The Morgan fingerprint density at radius 3 is 2.76 bits per heavy atom. The van der Waals surface area contributed by atoms with Crippen molar-refractivity contribution in [1.29, 1.82) is 0 Å². The summed E-state index contributed by atoms with van der Waals surface area (Å²) in [5.41, 5.74) is 5.34. The maximum atomic E-state index is 12.1. The number of carbonyl (C=O) groups excluding carboxylic acids is 1. The van der Waals surface area contributed by atoms with Gasteiger partial charge in [-0.15, -0.1) is 0 Å². The summed E-state index contributed by atoms with van der Waals surface area (Å²) in [5.74, 6) is 0.249. The molecule has 0 spiro atoms. The Hall–Kier alpha value is -0.650. The normalized spacial score (nSPS) is 29.2. The first-order valence-corrected chi connectivity index (χ1v) is 8.33. The van der Waals surface area contributed by atoms with E-state index in [0.29, 0.717) is 12.0 Å². The zero-order valence-corrected chi connectivity index (χ0v) is 13.6. The molecule has 21 heavy (non-hydrogen) atoms. The lowest BCUT2D eigenvalue weighted by atomic mass is 9.83. The van der Waals surface area contributed by atoms with E-state index in [9.17, 15) is 4.79 Å². The van der Waals surface area contributed by atoms with Crippen LogP contribution >= 0.6 is 0 Å². The van der Waals surface area contributed by atoms with Crippen LogP contribution in [0.3, 0.4) is 0 Å². The Labute approximate surface area is 128 Å². The number of methoxy groups -OCH3 is 1. The molecule has 0 aliphatic heterocycles. The highest BCUT2D eigenvalue weighted by Crippen LogP contribution is 2.40. The van der Waals surface area contributed by atoms with Crippen LogP contribution in [0.5, 0.6) is 0 Å². The molecule has 5 heteroatoms. The van der Waals surface area contributed by atoms with Crippen molar-refractivity contribution < 1.29 is 9.53 Å². The second-order valence-electron chi connectivity index (χ2n) is 6.78. The summed E-state index contributed by atoms with van der Waals surface area (Å²) in [5, 5.41) is 3.58. The van der Waals surface area contributed by atoms with Crippen molar-refractivity contribution >= 4 is 5.91 Å². The number of rotatable bonds is 10. The van der Waals surface area contributed by atoms with Crippen LogP contribution in [0.4, 0.5) is 0 Å². The van der Waals surface area contributed by atoms with Gasteiger partial charge in [0.15, 0.2) is 0 Å². The molecule has 0 aromatic rings. The molecule has 2 rings (SSSR count). The summed E-state index contributed by atoms with van der Waals surface area (Å²) < 4.78 is 5.09. The van der Waals surface area contributed by atoms with Gasteiger partial charge in [0.25, 0.3) is 0 Å². The predicted molar refractivity (Wildman–Crippen MR) is 84.0 cm³/mol. The molecule has 0 aromatic heterocycles. The van der Waals surface area contributed by atoms with Crippen molar-refractivity contribution in [1.82, 2.24) is 10.2 Å². The van der Waals surface area contributed by atoms with Gasteiger partial charge in [-0.2, -0.15) is 0 Å². The number of nitrogens with zero attached hydrogens (tertiary/aromatic N) is 1.